The Bertz CT molecular complexity index is 686. The van der Waals surface area contributed by atoms with Gasteiger partial charge in [0, 0.05) is 15.9 Å². The second-order valence-corrected chi connectivity index (χ2v) is 7.86. The molecule has 3 rings (SSSR count). The zero-order valence-electron chi connectivity index (χ0n) is 11.7. The highest BCUT2D eigenvalue weighted by atomic mass is 79.9. The molecule has 1 aliphatic rings. The lowest BCUT2D eigenvalue weighted by Gasteiger charge is -2.25. The minimum absolute atomic E-state index is 0.370. The van der Waals surface area contributed by atoms with Crippen LogP contribution in [0.25, 0.3) is 0 Å². The van der Waals surface area contributed by atoms with Crippen molar-refractivity contribution in [1.82, 2.24) is 0 Å². The number of rotatable bonds is 3. The molecule has 21 heavy (non-hydrogen) atoms. The topological polar surface area (TPSA) is 43.1 Å². The summed E-state index contributed by atoms with van der Waals surface area (Å²) in [7, 11) is -1.07. The van der Waals surface area contributed by atoms with Crippen molar-refractivity contribution in [3.05, 3.63) is 58.1 Å². The lowest BCUT2D eigenvalue weighted by atomic mass is 9.84. The van der Waals surface area contributed by atoms with Gasteiger partial charge in [-0.3, -0.25) is 4.21 Å². The summed E-state index contributed by atoms with van der Waals surface area (Å²) in [6.07, 6.45) is 3.42. The van der Waals surface area contributed by atoms with Gasteiger partial charge in [-0.1, -0.05) is 40.2 Å². The number of benzene rings is 2. The van der Waals surface area contributed by atoms with E-state index in [-0.39, 0.29) is 0 Å². The van der Waals surface area contributed by atoms with Gasteiger partial charge < -0.3 is 5.73 Å². The molecule has 0 aromatic heterocycles. The third-order valence-corrected chi connectivity index (χ3v) is 6.11. The van der Waals surface area contributed by atoms with Gasteiger partial charge in [0.05, 0.1) is 15.7 Å². The number of nitrogens with two attached hydrogens (primary N) is 1. The molecule has 0 heterocycles. The van der Waals surface area contributed by atoms with Gasteiger partial charge in [-0.15, -0.1) is 0 Å². The molecule has 1 aliphatic carbocycles. The molecule has 0 aliphatic heterocycles. The number of fused-ring (bicyclic) bond motifs is 1. The lowest BCUT2D eigenvalue weighted by molar-refractivity contribution is 0.588. The molecule has 2 aromatic carbocycles. The minimum Gasteiger partial charge on any atom is -0.398 e. The molecule has 2 nitrogen and oxygen atoms in total. The molecule has 0 bridgehead atoms. The number of halogens is 1. The maximum atomic E-state index is 12.7. The molecule has 2 N–H and O–H groups in total. The third-order valence-electron chi connectivity index (χ3n) is 4.07. The Morgan fingerprint density at radius 2 is 2.05 bits per heavy atom. The third kappa shape index (κ3) is 3.22. The number of anilines is 1. The molecule has 2 atom stereocenters. The highest BCUT2D eigenvalue weighted by Gasteiger charge is 2.23. The van der Waals surface area contributed by atoms with Crippen LogP contribution in [0.15, 0.2) is 51.8 Å². The van der Waals surface area contributed by atoms with E-state index < -0.39 is 10.8 Å². The molecule has 2 unspecified atom stereocenters. The lowest BCUT2D eigenvalue weighted by Crippen LogP contribution is -2.16. The Morgan fingerprint density at radius 1 is 1.24 bits per heavy atom. The van der Waals surface area contributed by atoms with Crippen molar-refractivity contribution < 1.29 is 4.21 Å². The average molecular weight is 364 g/mol. The second-order valence-electron chi connectivity index (χ2n) is 5.48. The fourth-order valence-electron chi connectivity index (χ4n) is 3.01. The Balaban J connectivity index is 1.84. The van der Waals surface area contributed by atoms with Crippen LogP contribution < -0.4 is 5.73 Å². The molecule has 2 aromatic rings. The maximum absolute atomic E-state index is 12.7. The largest absolute Gasteiger partial charge is 0.398 e. The molecule has 110 valence electrons. The van der Waals surface area contributed by atoms with E-state index in [4.69, 9.17) is 5.73 Å². The number of aryl methyl sites for hydroxylation is 1. The zero-order valence-corrected chi connectivity index (χ0v) is 14.1. The summed E-state index contributed by atoms with van der Waals surface area (Å²) in [5.41, 5.74) is 9.36. The number of nitrogen functional groups attached to an aromatic ring is 1. The predicted octanol–water partition coefficient (Wildman–Crippen LogP) is 4.26. The Hall–Kier alpha value is -1.13. The van der Waals surface area contributed by atoms with Crippen LogP contribution in [0, 0.1) is 0 Å². The molecular formula is C17H18BrNOS. The van der Waals surface area contributed by atoms with Crippen molar-refractivity contribution in [2.75, 3.05) is 11.5 Å². The predicted molar refractivity (Wildman–Crippen MR) is 92.0 cm³/mol. The standard InChI is InChI=1S/C17H18BrNOS/c18-14-8-9-16(19)17(10-14)21(20)11-13-6-3-5-12-4-1-2-7-15(12)13/h1-2,4,7-10,13H,3,5-6,11,19H2. The van der Waals surface area contributed by atoms with Crippen LogP contribution in [-0.2, 0) is 17.2 Å². The summed E-state index contributed by atoms with van der Waals surface area (Å²) in [6.45, 7) is 0. The van der Waals surface area contributed by atoms with Crippen LogP contribution in [0.1, 0.15) is 29.9 Å². The Morgan fingerprint density at radius 3 is 2.90 bits per heavy atom. The summed E-state index contributed by atoms with van der Waals surface area (Å²) >= 11 is 3.43. The van der Waals surface area contributed by atoms with Crippen LogP contribution in [0.4, 0.5) is 5.69 Å². The number of hydrogen-bond donors (Lipinski definition) is 1. The normalized spacial score (nSPS) is 19.0. The fraction of sp³-hybridized carbons (Fsp3) is 0.294. The summed E-state index contributed by atoms with van der Waals surface area (Å²) in [5, 5.41) is 0. The van der Waals surface area contributed by atoms with E-state index in [2.05, 4.69) is 40.2 Å². The van der Waals surface area contributed by atoms with E-state index in [1.807, 2.05) is 18.2 Å². The molecule has 0 saturated heterocycles. The van der Waals surface area contributed by atoms with E-state index in [1.54, 1.807) is 0 Å². The molecule has 0 saturated carbocycles. The second kappa shape index (κ2) is 6.32. The summed E-state index contributed by atoms with van der Waals surface area (Å²) in [6, 6.07) is 14.1. The van der Waals surface area contributed by atoms with E-state index >= 15 is 0 Å². The maximum Gasteiger partial charge on any atom is 0.0628 e. The first kappa shape index (κ1) is 14.8. The minimum atomic E-state index is -1.07. The van der Waals surface area contributed by atoms with E-state index in [0.29, 0.717) is 17.4 Å². The molecule has 0 amide bonds. The van der Waals surface area contributed by atoms with Crippen molar-refractivity contribution in [3.63, 3.8) is 0 Å². The molecular weight excluding hydrogens is 346 g/mol. The highest BCUT2D eigenvalue weighted by molar-refractivity contribution is 9.10. The first-order valence-corrected chi connectivity index (χ1v) is 9.27. The summed E-state index contributed by atoms with van der Waals surface area (Å²) in [4.78, 5) is 0.743. The van der Waals surface area contributed by atoms with Gasteiger partial charge >= 0.3 is 0 Å². The average Bonchev–Trinajstić information content (AvgIpc) is 2.50. The molecule has 4 heteroatoms. The summed E-state index contributed by atoms with van der Waals surface area (Å²) in [5.74, 6) is 1.02. The van der Waals surface area contributed by atoms with Gasteiger partial charge in [-0.05, 0) is 54.5 Å². The van der Waals surface area contributed by atoms with Crippen molar-refractivity contribution in [2.45, 2.75) is 30.1 Å². The molecule has 0 fully saturated rings. The van der Waals surface area contributed by atoms with Gasteiger partial charge in [-0.2, -0.15) is 0 Å². The Kier molecular flexibility index (Phi) is 4.45. The highest BCUT2D eigenvalue weighted by Crippen LogP contribution is 2.33. The van der Waals surface area contributed by atoms with Crippen LogP contribution in [0.3, 0.4) is 0 Å². The monoisotopic (exact) mass is 363 g/mol. The van der Waals surface area contributed by atoms with Crippen LogP contribution in [-0.4, -0.2) is 9.96 Å². The van der Waals surface area contributed by atoms with Crippen LogP contribution in [0.5, 0.6) is 0 Å². The quantitative estimate of drug-likeness (QED) is 0.827. The van der Waals surface area contributed by atoms with Gasteiger partial charge in [0.15, 0.2) is 0 Å². The van der Waals surface area contributed by atoms with Gasteiger partial charge in [-0.25, -0.2) is 0 Å². The first-order valence-electron chi connectivity index (χ1n) is 7.16. The fourth-order valence-corrected chi connectivity index (χ4v) is 5.00. The van der Waals surface area contributed by atoms with Crippen molar-refractivity contribution >= 4 is 32.4 Å². The van der Waals surface area contributed by atoms with Crippen molar-refractivity contribution in [3.8, 4) is 0 Å². The van der Waals surface area contributed by atoms with Gasteiger partial charge in [0.2, 0.25) is 0 Å². The SMILES string of the molecule is Nc1ccc(Br)cc1S(=O)CC1CCCc2ccccc21. The molecule has 0 spiro atoms. The van der Waals surface area contributed by atoms with Crippen LogP contribution in [0.2, 0.25) is 0 Å². The van der Waals surface area contributed by atoms with Crippen molar-refractivity contribution in [1.29, 1.82) is 0 Å². The van der Waals surface area contributed by atoms with E-state index in [1.165, 1.54) is 17.5 Å². The van der Waals surface area contributed by atoms with Crippen LogP contribution >= 0.6 is 15.9 Å². The zero-order chi connectivity index (χ0) is 14.8. The van der Waals surface area contributed by atoms with E-state index in [0.717, 1.165) is 22.2 Å². The van der Waals surface area contributed by atoms with Gasteiger partial charge in [0.25, 0.3) is 0 Å². The van der Waals surface area contributed by atoms with E-state index in [9.17, 15) is 4.21 Å². The van der Waals surface area contributed by atoms with Crippen molar-refractivity contribution in [2.24, 2.45) is 0 Å². The smallest absolute Gasteiger partial charge is 0.0628 e. The molecule has 0 radical (unpaired) electrons. The summed E-state index contributed by atoms with van der Waals surface area (Å²) < 4.78 is 13.6. The Labute approximate surface area is 136 Å². The van der Waals surface area contributed by atoms with Gasteiger partial charge in [0.1, 0.15) is 0 Å². The number of hydrogen-bond acceptors (Lipinski definition) is 2. The first-order chi connectivity index (χ1) is 10.1.